The SMILES string of the molecule is CN(C)n1cc(I)c(=O)[nH]c1=O. The Balaban J connectivity index is 3.44. The van der Waals surface area contributed by atoms with Crippen LogP contribution in [-0.4, -0.2) is 23.8 Å². The Labute approximate surface area is 82.1 Å². The van der Waals surface area contributed by atoms with Crippen molar-refractivity contribution >= 4 is 22.6 Å². The van der Waals surface area contributed by atoms with E-state index in [-0.39, 0.29) is 5.56 Å². The molecule has 1 heterocycles. The lowest BCUT2D eigenvalue weighted by Crippen LogP contribution is -2.40. The number of hydrogen-bond donors (Lipinski definition) is 1. The molecule has 66 valence electrons. The highest BCUT2D eigenvalue weighted by Gasteiger charge is 2.01. The van der Waals surface area contributed by atoms with Crippen LogP contribution in [0.15, 0.2) is 15.8 Å². The summed E-state index contributed by atoms with van der Waals surface area (Å²) in [6, 6.07) is 0. The zero-order valence-corrected chi connectivity index (χ0v) is 8.82. The van der Waals surface area contributed by atoms with Crippen LogP contribution in [0, 0.1) is 3.57 Å². The van der Waals surface area contributed by atoms with E-state index in [1.54, 1.807) is 19.1 Å². The van der Waals surface area contributed by atoms with E-state index in [1.165, 1.54) is 10.9 Å². The quantitative estimate of drug-likeness (QED) is 0.695. The summed E-state index contributed by atoms with van der Waals surface area (Å²) >= 11 is 1.87. The maximum atomic E-state index is 11.1. The standard InChI is InChI=1S/C6H8IN3O2/c1-9(2)10-3-4(7)5(11)8-6(10)12/h3H,1-2H3,(H,8,11,12). The Kier molecular flexibility index (Phi) is 2.55. The van der Waals surface area contributed by atoms with Gasteiger partial charge in [-0.3, -0.25) is 9.78 Å². The number of H-pyrrole nitrogens is 1. The first-order valence-corrected chi connectivity index (χ1v) is 4.29. The smallest absolute Gasteiger partial charge is 0.315 e. The third kappa shape index (κ3) is 1.68. The fourth-order valence-electron chi connectivity index (χ4n) is 0.736. The van der Waals surface area contributed by atoms with Crippen molar-refractivity contribution < 1.29 is 0 Å². The predicted octanol–water partition coefficient (Wildman–Crippen LogP) is -0.661. The van der Waals surface area contributed by atoms with Gasteiger partial charge in [0.15, 0.2) is 0 Å². The molecule has 1 aromatic rings. The van der Waals surface area contributed by atoms with Gasteiger partial charge in [-0.25, -0.2) is 9.47 Å². The first-order valence-electron chi connectivity index (χ1n) is 3.21. The molecule has 0 fully saturated rings. The van der Waals surface area contributed by atoms with Crippen molar-refractivity contribution in [3.63, 3.8) is 0 Å². The third-order valence-electron chi connectivity index (χ3n) is 1.31. The van der Waals surface area contributed by atoms with Crippen molar-refractivity contribution in [3.05, 3.63) is 30.6 Å². The fourth-order valence-corrected chi connectivity index (χ4v) is 1.13. The van der Waals surface area contributed by atoms with Crippen LogP contribution in [0.1, 0.15) is 0 Å². The van der Waals surface area contributed by atoms with E-state index in [0.29, 0.717) is 3.57 Å². The molecule has 1 N–H and O–H groups in total. The van der Waals surface area contributed by atoms with E-state index in [4.69, 9.17) is 0 Å². The Morgan fingerprint density at radius 3 is 2.58 bits per heavy atom. The largest absolute Gasteiger partial charge is 0.347 e. The Morgan fingerprint density at radius 2 is 2.08 bits per heavy atom. The second-order valence-electron chi connectivity index (χ2n) is 2.43. The molecule has 0 saturated carbocycles. The normalized spacial score (nSPS) is 9.92. The van der Waals surface area contributed by atoms with Crippen LogP contribution in [0.25, 0.3) is 0 Å². The monoisotopic (exact) mass is 281 g/mol. The lowest BCUT2D eigenvalue weighted by atomic mass is 10.6. The summed E-state index contributed by atoms with van der Waals surface area (Å²) < 4.78 is 1.81. The molecule has 1 aromatic heterocycles. The Bertz CT molecular complexity index is 393. The molecule has 6 heteroatoms. The highest BCUT2D eigenvalue weighted by molar-refractivity contribution is 14.1. The van der Waals surface area contributed by atoms with Crippen LogP contribution in [0.3, 0.4) is 0 Å². The van der Waals surface area contributed by atoms with Gasteiger partial charge >= 0.3 is 5.69 Å². The van der Waals surface area contributed by atoms with Gasteiger partial charge in [-0.05, 0) is 22.6 Å². The van der Waals surface area contributed by atoms with Crippen LogP contribution < -0.4 is 16.3 Å². The average Bonchev–Trinajstić information content (AvgIpc) is 1.96. The van der Waals surface area contributed by atoms with E-state index < -0.39 is 5.69 Å². The number of halogens is 1. The van der Waals surface area contributed by atoms with Crippen molar-refractivity contribution in [3.8, 4) is 0 Å². The van der Waals surface area contributed by atoms with E-state index >= 15 is 0 Å². The minimum atomic E-state index is -0.426. The molecule has 0 saturated heterocycles. The molecule has 0 aromatic carbocycles. The van der Waals surface area contributed by atoms with Crippen molar-refractivity contribution in [1.82, 2.24) is 9.66 Å². The summed E-state index contributed by atoms with van der Waals surface area (Å²) in [6.07, 6.45) is 1.49. The first-order chi connectivity index (χ1) is 5.52. The number of aromatic nitrogens is 2. The third-order valence-corrected chi connectivity index (χ3v) is 2.08. The van der Waals surface area contributed by atoms with Crippen LogP contribution in [-0.2, 0) is 0 Å². The summed E-state index contributed by atoms with van der Waals surface area (Å²) in [5.74, 6) is 0. The van der Waals surface area contributed by atoms with Gasteiger partial charge in [0.25, 0.3) is 5.56 Å². The first kappa shape index (κ1) is 9.30. The molecule has 0 aliphatic carbocycles. The molecule has 12 heavy (non-hydrogen) atoms. The van der Waals surface area contributed by atoms with E-state index in [0.717, 1.165) is 0 Å². The molecule has 0 radical (unpaired) electrons. The second-order valence-corrected chi connectivity index (χ2v) is 3.59. The lowest BCUT2D eigenvalue weighted by molar-refractivity contribution is 0.667. The van der Waals surface area contributed by atoms with Gasteiger partial charge < -0.3 is 5.01 Å². The highest BCUT2D eigenvalue weighted by atomic mass is 127. The van der Waals surface area contributed by atoms with Gasteiger partial charge in [-0.2, -0.15) is 0 Å². The molecular formula is C6H8IN3O2. The summed E-state index contributed by atoms with van der Waals surface area (Å²) in [7, 11) is 3.44. The van der Waals surface area contributed by atoms with Gasteiger partial charge in [0.1, 0.15) is 0 Å². The molecular weight excluding hydrogens is 273 g/mol. The van der Waals surface area contributed by atoms with Crippen molar-refractivity contribution in [2.45, 2.75) is 0 Å². The Hall–Kier alpha value is -0.790. The van der Waals surface area contributed by atoms with E-state index in [1.807, 2.05) is 22.6 Å². The van der Waals surface area contributed by atoms with Crippen LogP contribution in [0.4, 0.5) is 0 Å². The van der Waals surface area contributed by atoms with Gasteiger partial charge in [-0.15, -0.1) is 0 Å². The predicted molar refractivity (Wildman–Crippen MR) is 54.1 cm³/mol. The topological polar surface area (TPSA) is 58.1 Å². The van der Waals surface area contributed by atoms with Gasteiger partial charge in [-0.1, -0.05) is 0 Å². The van der Waals surface area contributed by atoms with E-state index in [2.05, 4.69) is 4.98 Å². The molecule has 0 amide bonds. The van der Waals surface area contributed by atoms with Crippen molar-refractivity contribution in [2.75, 3.05) is 19.1 Å². The van der Waals surface area contributed by atoms with Crippen LogP contribution in [0.2, 0.25) is 0 Å². The number of nitrogens with one attached hydrogen (secondary N) is 1. The molecule has 0 unspecified atom stereocenters. The summed E-state index contributed by atoms with van der Waals surface area (Å²) in [5.41, 5.74) is -0.774. The number of nitrogens with zero attached hydrogens (tertiary/aromatic N) is 2. The molecule has 0 bridgehead atoms. The Morgan fingerprint density at radius 1 is 1.50 bits per heavy atom. The van der Waals surface area contributed by atoms with E-state index in [9.17, 15) is 9.59 Å². The van der Waals surface area contributed by atoms with Crippen LogP contribution >= 0.6 is 22.6 Å². The van der Waals surface area contributed by atoms with Gasteiger partial charge in [0.2, 0.25) is 0 Å². The zero-order chi connectivity index (χ0) is 9.30. The average molecular weight is 281 g/mol. The van der Waals surface area contributed by atoms with Crippen molar-refractivity contribution in [2.24, 2.45) is 0 Å². The molecule has 0 aliphatic rings. The molecule has 5 nitrogen and oxygen atoms in total. The lowest BCUT2D eigenvalue weighted by Gasteiger charge is -2.14. The van der Waals surface area contributed by atoms with Crippen LogP contribution in [0.5, 0.6) is 0 Å². The van der Waals surface area contributed by atoms with Gasteiger partial charge in [0, 0.05) is 14.1 Å². The van der Waals surface area contributed by atoms with Crippen molar-refractivity contribution in [1.29, 1.82) is 0 Å². The molecule has 0 spiro atoms. The highest BCUT2D eigenvalue weighted by Crippen LogP contribution is 1.91. The van der Waals surface area contributed by atoms with Gasteiger partial charge in [0.05, 0.1) is 9.77 Å². The number of aromatic amines is 1. The number of hydrogen-bond acceptors (Lipinski definition) is 3. The zero-order valence-electron chi connectivity index (χ0n) is 6.67. The maximum Gasteiger partial charge on any atom is 0.347 e. The summed E-state index contributed by atoms with van der Waals surface area (Å²) in [6.45, 7) is 0. The second kappa shape index (κ2) is 3.30. The molecule has 0 aliphatic heterocycles. The fraction of sp³-hybridized carbons (Fsp3) is 0.333. The summed E-state index contributed by atoms with van der Waals surface area (Å²) in [5, 5.41) is 1.58. The summed E-state index contributed by atoms with van der Waals surface area (Å²) in [4.78, 5) is 24.2. The molecule has 1 rings (SSSR count). The minimum absolute atomic E-state index is 0.348. The maximum absolute atomic E-state index is 11.1. The molecule has 0 atom stereocenters. The minimum Gasteiger partial charge on any atom is -0.315 e. The number of rotatable bonds is 1.